The van der Waals surface area contributed by atoms with E-state index in [0.717, 1.165) is 0 Å². The summed E-state index contributed by atoms with van der Waals surface area (Å²) in [5.74, 6) is -0.628. The van der Waals surface area contributed by atoms with E-state index in [0.29, 0.717) is 12.2 Å². The highest BCUT2D eigenvalue weighted by atomic mass is 19.1. The van der Waals surface area contributed by atoms with Crippen molar-refractivity contribution in [3.8, 4) is 0 Å². The molecule has 0 spiro atoms. The molecule has 4 rings (SSSR count). The number of nitrogens with one attached hydrogen (secondary N) is 1. The molecule has 4 aromatic rings. The Bertz CT molecular complexity index is 1050. The molecule has 9 nitrogen and oxygen atoms in total. The largest absolute Gasteiger partial charge is 0.288 e. The smallest absolute Gasteiger partial charge is 0.278 e. The van der Waals surface area contributed by atoms with E-state index in [1.54, 1.807) is 58.3 Å². The molecule has 1 N–H and O–H groups in total. The number of hydrogen-bond acceptors (Lipinski definition) is 5. The molecular weight excluding hydrogens is 351 g/mol. The summed E-state index contributed by atoms with van der Waals surface area (Å²) in [7, 11) is 0. The van der Waals surface area contributed by atoms with Crippen molar-refractivity contribution in [2.75, 3.05) is 5.32 Å². The van der Waals surface area contributed by atoms with Gasteiger partial charge in [0.15, 0.2) is 5.69 Å². The van der Waals surface area contributed by atoms with Crippen LogP contribution in [-0.4, -0.2) is 40.2 Å². The molecule has 3 heterocycles. The van der Waals surface area contributed by atoms with Gasteiger partial charge in [0.05, 0.1) is 6.54 Å². The Morgan fingerprint density at radius 1 is 1.04 bits per heavy atom. The van der Waals surface area contributed by atoms with Crippen LogP contribution in [-0.2, 0) is 13.2 Å². The lowest BCUT2D eigenvalue weighted by Gasteiger charge is -2.02. The van der Waals surface area contributed by atoms with Crippen molar-refractivity contribution in [2.45, 2.75) is 13.2 Å². The summed E-state index contributed by atoms with van der Waals surface area (Å²) in [6, 6.07) is 9.82. The molecule has 1 amide bonds. The van der Waals surface area contributed by atoms with E-state index in [2.05, 4.69) is 25.6 Å². The first-order valence-electron chi connectivity index (χ1n) is 8.12. The molecule has 0 aliphatic heterocycles. The monoisotopic (exact) mass is 366 g/mol. The molecule has 0 fully saturated rings. The van der Waals surface area contributed by atoms with Gasteiger partial charge in [-0.2, -0.15) is 10.2 Å². The number of carbonyl (C=O) groups excluding carboxylic acids is 1. The Balaban J connectivity index is 1.39. The van der Waals surface area contributed by atoms with Gasteiger partial charge < -0.3 is 0 Å². The van der Waals surface area contributed by atoms with Crippen LogP contribution in [0, 0.1) is 5.82 Å². The van der Waals surface area contributed by atoms with Crippen molar-refractivity contribution >= 4 is 11.9 Å². The maximum absolute atomic E-state index is 13.7. The van der Waals surface area contributed by atoms with Crippen LogP contribution >= 0.6 is 0 Å². The van der Waals surface area contributed by atoms with E-state index in [1.165, 1.54) is 17.1 Å². The molecular formula is C17H15FN8O. The lowest BCUT2D eigenvalue weighted by Crippen LogP contribution is -2.16. The summed E-state index contributed by atoms with van der Waals surface area (Å²) in [6.45, 7) is 0.615. The fourth-order valence-corrected chi connectivity index (χ4v) is 2.49. The molecule has 0 unspecified atom stereocenters. The number of hydrogen-bond donors (Lipinski definition) is 1. The molecule has 0 aliphatic carbocycles. The first-order valence-corrected chi connectivity index (χ1v) is 8.12. The van der Waals surface area contributed by atoms with E-state index in [9.17, 15) is 9.18 Å². The summed E-state index contributed by atoms with van der Waals surface area (Å²) in [5.41, 5.74) is 0.713. The molecule has 0 saturated carbocycles. The fraction of sp³-hybridized carbons (Fsp3) is 0.118. The second-order valence-electron chi connectivity index (χ2n) is 5.74. The molecule has 1 aromatic carbocycles. The van der Waals surface area contributed by atoms with Crippen LogP contribution in [0.25, 0.3) is 0 Å². The number of carbonyl (C=O) groups is 1. The zero-order valence-electron chi connectivity index (χ0n) is 14.1. The zero-order chi connectivity index (χ0) is 18.6. The molecule has 3 aromatic heterocycles. The second-order valence-corrected chi connectivity index (χ2v) is 5.74. The van der Waals surface area contributed by atoms with E-state index < -0.39 is 5.91 Å². The van der Waals surface area contributed by atoms with E-state index >= 15 is 0 Å². The van der Waals surface area contributed by atoms with Crippen molar-refractivity contribution in [1.82, 2.24) is 34.3 Å². The van der Waals surface area contributed by atoms with Crippen LogP contribution in [0.3, 0.4) is 0 Å². The highest BCUT2D eigenvalue weighted by molar-refractivity contribution is 6.01. The van der Waals surface area contributed by atoms with Gasteiger partial charge in [-0.05, 0) is 18.2 Å². The van der Waals surface area contributed by atoms with Gasteiger partial charge in [0, 0.05) is 24.2 Å². The summed E-state index contributed by atoms with van der Waals surface area (Å²) < 4.78 is 18.4. The standard InChI is InChI=1S/C17H15FN8O/c18-14-5-2-1-4-13(14)10-26-11-19-17(23-26)21-16(27)15-6-9-25(22-15)12-24-8-3-7-20-24/h1-9,11H,10,12H2,(H,21,23,27). The molecule has 0 radical (unpaired) electrons. The number of nitrogens with zero attached hydrogens (tertiary/aromatic N) is 7. The van der Waals surface area contributed by atoms with Crippen LogP contribution in [0.4, 0.5) is 10.3 Å². The van der Waals surface area contributed by atoms with Gasteiger partial charge in [-0.15, -0.1) is 5.10 Å². The Morgan fingerprint density at radius 3 is 2.74 bits per heavy atom. The molecule has 136 valence electrons. The van der Waals surface area contributed by atoms with Gasteiger partial charge in [-0.1, -0.05) is 18.2 Å². The van der Waals surface area contributed by atoms with E-state index in [1.807, 2.05) is 0 Å². The van der Waals surface area contributed by atoms with E-state index in [4.69, 9.17) is 0 Å². The lowest BCUT2D eigenvalue weighted by atomic mass is 10.2. The molecule has 0 bridgehead atoms. The molecule has 10 heteroatoms. The van der Waals surface area contributed by atoms with Crippen molar-refractivity contribution in [2.24, 2.45) is 0 Å². The topological polar surface area (TPSA) is 95.5 Å². The Morgan fingerprint density at radius 2 is 1.93 bits per heavy atom. The Kier molecular flexibility index (Phi) is 4.44. The predicted molar refractivity (Wildman–Crippen MR) is 93.3 cm³/mol. The van der Waals surface area contributed by atoms with Crippen molar-refractivity contribution in [1.29, 1.82) is 0 Å². The minimum Gasteiger partial charge on any atom is -0.288 e. The Hall–Kier alpha value is -3.82. The summed E-state index contributed by atoms with van der Waals surface area (Å²) in [5, 5.41) is 15.0. The SMILES string of the molecule is O=C(Nc1ncn(Cc2ccccc2F)n1)c1ccn(Cn2cccn2)n1. The fourth-order valence-electron chi connectivity index (χ4n) is 2.49. The number of aromatic nitrogens is 7. The lowest BCUT2D eigenvalue weighted by molar-refractivity contribution is 0.102. The average molecular weight is 366 g/mol. The first kappa shape index (κ1) is 16.6. The molecule has 0 saturated heterocycles. The third-order valence-corrected chi connectivity index (χ3v) is 3.77. The van der Waals surface area contributed by atoms with Gasteiger partial charge in [0.2, 0.25) is 5.95 Å². The van der Waals surface area contributed by atoms with Gasteiger partial charge in [-0.25, -0.2) is 14.1 Å². The number of halogens is 1. The number of anilines is 1. The average Bonchev–Trinajstić information content (AvgIpc) is 3.40. The normalized spacial score (nSPS) is 10.9. The third-order valence-electron chi connectivity index (χ3n) is 3.77. The summed E-state index contributed by atoms with van der Waals surface area (Å²) in [4.78, 5) is 16.3. The molecule has 0 atom stereocenters. The minimum atomic E-state index is -0.433. The van der Waals surface area contributed by atoms with Crippen molar-refractivity contribution in [3.63, 3.8) is 0 Å². The van der Waals surface area contributed by atoms with Crippen molar-refractivity contribution in [3.05, 3.63) is 78.4 Å². The first-order chi connectivity index (χ1) is 13.2. The minimum absolute atomic E-state index is 0.123. The van der Waals surface area contributed by atoms with Crippen LogP contribution in [0.2, 0.25) is 0 Å². The van der Waals surface area contributed by atoms with Crippen LogP contribution in [0.1, 0.15) is 16.1 Å². The Labute approximate surface area is 153 Å². The zero-order valence-corrected chi connectivity index (χ0v) is 14.1. The highest BCUT2D eigenvalue weighted by Gasteiger charge is 2.13. The maximum atomic E-state index is 13.7. The summed E-state index contributed by atoms with van der Waals surface area (Å²) in [6.07, 6.45) is 6.58. The van der Waals surface area contributed by atoms with Crippen LogP contribution in [0.5, 0.6) is 0 Å². The quantitative estimate of drug-likeness (QED) is 0.559. The van der Waals surface area contributed by atoms with Crippen LogP contribution < -0.4 is 5.32 Å². The second kappa shape index (κ2) is 7.20. The summed E-state index contributed by atoms with van der Waals surface area (Å²) >= 11 is 0. The maximum Gasteiger partial charge on any atom is 0.278 e. The molecule has 27 heavy (non-hydrogen) atoms. The number of rotatable bonds is 6. The van der Waals surface area contributed by atoms with Gasteiger partial charge in [-0.3, -0.25) is 19.5 Å². The molecule has 0 aliphatic rings. The predicted octanol–water partition coefficient (Wildman–Crippen LogP) is 1.62. The highest BCUT2D eigenvalue weighted by Crippen LogP contribution is 2.09. The van der Waals surface area contributed by atoms with E-state index in [-0.39, 0.29) is 24.0 Å². The van der Waals surface area contributed by atoms with Gasteiger partial charge in [0.25, 0.3) is 5.91 Å². The van der Waals surface area contributed by atoms with Crippen LogP contribution in [0.15, 0.2) is 61.3 Å². The number of amides is 1. The van der Waals surface area contributed by atoms with Gasteiger partial charge in [0.1, 0.15) is 18.8 Å². The third kappa shape index (κ3) is 3.89. The number of benzene rings is 1. The van der Waals surface area contributed by atoms with Crippen molar-refractivity contribution < 1.29 is 9.18 Å². The van der Waals surface area contributed by atoms with Gasteiger partial charge >= 0.3 is 0 Å².